The van der Waals surface area contributed by atoms with Crippen LogP contribution in [0.3, 0.4) is 0 Å². The smallest absolute Gasteiger partial charge is 0.0656 e. The maximum absolute atomic E-state index is 5.92. The van der Waals surface area contributed by atoms with Crippen molar-refractivity contribution in [3.63, 3.8) is 0 Å². The van der Waals surface area contributed by atoms with Gasteiger partial charge in [0, 0.05) is 12.1 Å². The van der Waals surface area contributed by atoms with Gasteiger partial charge >= 0.3 is 0 Å². The van der Waals surface area contributed by atoms with Crippen LogP contribution in [0.25, 0.3) is 0 Å². The van der Waals surface area contributed by atoms with E-state index < -0.39 is 0 Å². The van der Waals surface area contributed by atoms with Gasteiger partial charge in [-0.05, 0) is 11.6 Å². The summed E-state index contributed by atoms with van der Waals surface area (Å²) >= 11 is 5.92. The number of ether oxygens (including phenoxy) is 1. The first kappa shape index (κ1) is 9.52. The van der Waals surface area contributed by atoms with E-state index in [2.05, 4.69) is 0 Å². The fraction of sp³-hybridized carbons (Fsp3) is 0.333. The van der Waals surface area contributed by atoms with Crippen molar-refractivity contribution in [1.29, 1.82) is 0 Å². The minimum Gasteiger partial charge on any atom is -0.383 e. The van der Waals surface area contributed by atoms with Crippen molar-refractivity contribution < 1.29 is 4.74 Å². The Morgan fingerprint density at radius 2 is 2.17 bits per heavy atom. The molecule has 0 amide bonds. The minimum absolute atomic E-state index is 0.135. The van der Waals surface area contributed by atoms with E-state index in [1.165, 1.54) is 0 Å². The lowest BCUT2D eigenvalue weighted by Crippen LogP contribution is -2.16. The van der Waals surface area contributed by atoms with Crippen LogP contribution in [0, 0.1) is 0 Å². The lowest BCUT2D eigenvalue weighted by atomic mass is 10.1. The van der Waals surface area contributed by atoms with E-state index in [0.717, 1.165) is 5.56 Å². The van der Waals surface area contributed by atoms with Crippen molar-refractivity contribution in [1.82, 2.24) is 0 Å². The fourth-order valence-corrected chi connectivity index (χ4v) is 1.32. The second-order valence-electron chi connectivity index (χ2n) is 2.58. The standard InChI is InChI=1S/C9H12ClNO/c1-12-6-9(11)7-4-2-3-5-8(7)10/h2-5,9H,6,11H2,1H3. The highest BCUT2D eigenvalue weighted by Gasteiger charge is 2.07. The molecule has 0 aliphatic carbocycles. The Hall–Kier alpha value is -0.570. The van der Waals surface area contributed by atoms with Crippen LogP contribution in [-0.2, 0) is 4.74 Å². The fourth-order valence-electron chi connectivity index (χ4n) is 1.05. The quantitative estimate of drug-likeness (QED) is 0.782. The number of methoxy groups -OCH3 is 1. The van der Waals surface area contributed by atoms with Crippen LogP contribution in [0.4, 0.5) is 0 Å². The van der Waals surface area contributed by atoms with Gasteiger partial charge in [-0.3, -0.25) is 0 Å². The van der Waals surface area contributed by atoms with E-state index >= 15 is 0 Å². The lowest BCUT2D eigenvalue weighted by Gasteiger charge is -2.11. The normalized spacial score (nSPS) is 12.9. The van der Waals surface area contributed by atoms with Gasteiger partial charge in [-0.2, -0.15) is 0 Å². The Morgan fingerprint density at radius 1 is 1.50 bits per heavy atom. The summed E-state index contributed by atoms with van der Waals surface area (Å²) in [6.45, 7) is 0.490. The Kier molecular flexibility index (Phi) is 3.53. The lowest BCUT2D eigenvalue weighted by molar-refractivity contribution is 0.181. The van der Waals surface area contributed by atoms with Crippen LogP contribution in [0.2, 0.25) is 5.02 Å². The van der Waals surface area contributed by atoms with Crippen LogP contribution in [-0.4, -0.2) is 13.7 Å². The van der Waals surface area contributed by atoms with Crippen molar-refractivity contribution >= 4 is 11.6 Å². The molecule has 0 fully saturated rings. The number of hydrogen-bond acceptors (Lipinski definition) is 2. The summed E-state index contributed by atoms with van der Waals surface area (Å²) in [4.78, 5) is 0. The molecule has 0 spiro atoms. The first-order valence-electron chi connectivity index (χ1n) is 3.74. The average molecular weight is 186 g/mol. The zero-order valence-electron chi connectivity index (χ0n) is 6.96. The molecule has 1 rings (SSSR count). The van der Waals surface area contributed by atoms with Gasteiger partial charge in [0.25, 0.3) is 0 Å². The van der Waals surface area contributed by atoms with Gasteiger partial charge in [0.2, 0.25) is 0 Å². The van der Waals surface area contributed by atoms with E-state index in [1.807, 2.05) is 24.3 Å². The molecule has 0 bridgehead atoms. The highest BCUT2D eigenvalue weighted by Crippen LogP contribution is 2.20. The highest BCUT2D eigenvalue weighted by atomic mass is 35.5. The molecule has 0 aromatic heterocycles. The second-order valence-corrected chi connectivity index (χ2v) is 2.99. The van der Waals surface area contributed by atoms with E-state index in [1.54, 1.807) is 7.11 Å². The van der Waals surface area contributed by atoms with E-state index in [0.29, 0.717) is 11.6 Å². The molecule has 0 radical (unpaired) electrons. The molecule has 0 saturated carbocycles. The number of hydrogen-bond donors (Lipinski definition) is 1. The Bertz CT molecular complexity index is 252. The van der Waals surface area contributed by atoms with Crippen molar-refractivity contribution in [3.05, 3.63) is 34.9 Å². The monoisotopic (exact) mass is 185 g/mol. The minimum atomic E-state index is -0.135. The summed E-state index contributed by atoms with van der Waals surface area (Å²) in [5.74, 6) is 0. The topological polar surface area (TPSA) is 35.2 Å². The molecule has 2 nitrogen and oxygen atoms in total. The first-order valence-corrected chi connectivity index (χ1v) is 4.12. The predicted octanol–water partition coefficient (Wildman–Crippen LogP) is 1.99. The van der Waals surface area contributed by atoms with Gasteiger partial charge in [0.05, 0.1) is 12.6 Å². The van der Waals surface area contributed by atoms with Crippen LogP contribution >= 0.6 is 11.6 Å². The molecular formula is C9H12ClNO. The molecule has 1 aromatic carbocycles. The number of benzene rings is 1. The van der Waals surface area contributed by atoms with Gasteiger partial charge < -0.3 is 10.5 Å². The third kappa shape index (κ3) is 2.21. The maximum Gasteiger partial charge on any atom is 0.0656 e. The molecule has 0 heterocycles. The van der Waals surface area contributed by atoms with Gasteiger partial charge in [-0.25, -0.2) is 0 Å². The highest BCUT2D eigenvalue weighted by molar-refractivity contribution is 6.31. The summed E-state index contributed by atoms with van der Waals surface area (Å²) in [6, 6.07) is 7.39. The predicted molar refractivity (Wildman–Crippen MR) is 50.3 cm³/mol. The van der Waals surface area contributed by atoms with Crippen LogP contribution in [0.1, 0.15) is 11.6 Å². The second kappa shape index (κ2) is 4.45. The van der Waals surface area contributed by atoms with E-state index in [9.17, 15) is 0 Å². The molecular weight excluding hydrogens is 174 g/mol. The van der Waals surface area contributed by atoms with Crippen LogP contribution < -0.4 is 5.73 Å². The number of rotatable bonds is 3. The zero-order chi connectivity index (χ0) is 8.97. The van der Waals surface area contributed by atoms with Gasteiger partial charge in [-0.1, -0.05) is 29.8 Å². The molecule has 3 heteroatoms. The summed E-state index contributed by atoms with van der Waals surface area (Å²) in [5, 5.41) is 0.696. The van der Waals surface area contributed by atoms with E-state index in [4.69, 9.17) is 22.1 Å². The SMILES string of the molecule is COCC(N)c1ccccc1Cl. The van der Waals surface area contributed by atoms with Crippen LogP contribution in [0.15, 0.2) is 24.3 Å². The maximum atomic E-state index is 5.92. The third-order valence-electron chi connectivity index (χ3n) is 1.65. The Labute approximate surface area is 77.3 Å². The van der Waals surface area contributed by atoms with Gasteiger partial charge in [-0.15, -0.1) is 0 Å². The Balaban J connectivity index is 2.79. The molecule has 1 atom stereocenters. The largest absolute Gasteiger partial charge is 0.383 e. The molecule has 12 heavy (non-hydrogen) atoms. The molecule has 1 unspecified atom stereocenters. The third-order valence-corrected chi connectivity index (χ3v) is 2.00. The summed E-state index contributed by atoms with van der Waals surface area (Å²) < 4.78 is 4.93. The Morgan fingerprint density at radius 3 is 2.75 bits per heavy atom. The average Bonchev–Trinajstić information content (AvgIpc) is 2.05. The molecule has 66 valence electrons. The first-order chi connectivity index (χ1) is 5.75. The van der Waals surface area contributed by atoms with Crippen molar-refractivity contribution in [3.8, 4) is 0 Å². The summed E-state index contributed by atoms with van der Waals surface area (Å²) in [6.07, 6.45) is 0. The summed E-state index contributed by atoms with van der Waals surface area (Å²) in [7, 11) is 1.62. The molecule has 1 aromatic rings. The van der Waals surface area contributed by atoms with Gasteiger partial charge in [0.15, 0.2) is 0 Å². The molecule has 0 saturated heterocycles. The van der Waals surface area contributed by atoms with Crippen molar-refractivity contribution in [2.45, 2.75) is 6.04 Å². The molecule has 2 N–H and O–H groups in total. The number of nitrogens with two attached hydrogens (primary N) is 1. The van der Waals surface area contributed by atoms with E-state index in [-0.39, 0.29) is 6.04 Å². The molecule has 0 aliphatic heterocycles. The zero-order valence-corrected chi connectivity index (χ0v) is 7.71. The van der Waals surface area contributed by atoms with Crippen LogP contribution in [0.5, 0.6) is 0 Å². The van der Waals surface area contributed by atoms with Gasteiger partial charge in [0.1, 0.15) is 0 Å². The van der Waals surface area contributed by atoms with Crippen molar-refractivity contribution in [2.24, 2.45) is 5.73 Å². The molecule has 0 aliphatic rings. The van der Waals surface area contributed by atoms with Crippen molar-refractivity contribution in [2.75, 3.05) is 13.7 Å². The number of halogens is 1. The summed E-state index contributed by atoms with van der Waals surface area (Å²) in [5.41, 5.74) is 6.73.